The Labute approximate surface area is 175 Å². The molecule has 0 amide bonds. The molecule has 4 bridgehead atoms. The Bertz CT molecular complexity index is 1020. The van der Waals surface area contributed by atoms with E-state index in [0.717, 1.165) is 44.1 Å². The van der Waals surface area contributed by atoms with Gasteiger partial charge in [-0.05, 0) is 74.1 Å². The summed E-state index contributed by atoms with van der Waals surface area (Å²) in [5.41, 5.74) is -0.136. The van der Waals surface area contributed by atoms with Gasteiger partial charge in [0.15, 0.2) is 11.6 Å². The Morgan fingerprint density at radius 2 is 2.07 bits per heavy atom. The van der Waals surface area contributed by atoms with Gasteiger partial charge in [-0.3, -0.25) is 4.55 Å². The van der Waals surface area contributed by atoms with Crippen molar-refractivity contribution in [3.8, 4) is 5.75 Å². The van der Waals surface area contributed by atoms with E-state index in [1.54, 1.807) is 0 Å². The van der Waals surface area contributed by atoms with Crippen LogP contribution in [-0.2, 0) is 14.9 Å². The smallest absolute Gasteiger partial charge is 0.338 e. The third-order valence-corrected chi connectivity index (χ3v) is 8.57. The number of esters is 1. The van der Waals surface area contributed by atoms with Crippen molar-refractivity contribution in [2.75, 3.05) is 12.4 Å². The van der Waals surface area contributed by atoms with E-state index in [0.29, 0.717) is 11.3 Å². The number of hydrogen-bond donors (Lipinski definition) is 1. The highest BCUT2D eigenvalue weighted by Crippen LogP contribution is 2.81. The van der Waals surface area contributed by atoms with Crippen LogP contribution in [0.25, 0.3) is 0 Å². The van der Waals surface area contributed by atoms with Crippen LogP contribution in [0.3, 0.4) is 0 Å². The maximum Gasteiger partial charge on any atom is 0.338 e. The van der Waals surface area contributed by atoms with Gasteiger partial charge in [0.1, 0.15) is 18.0 Å². The zero-order valence-corrected chi connectivity index (χ0v) is 17.4. The van der Waals surface area contributed by atoms with Crippen LogP contribution in [0, 0.1) is 28.5 Å². The molecule has 6 nitrogen and oxygen atoms in total. The molecule has 2 spiro atoms. The minimum Gasteiger partial charge on any atom is -0.479 e. The Morgan fingerprint density at radius 1 is 1.30 bits per heavy atom. The summed E-state index contributed by atoms with van der Waals surface area (Å²) in [6, 6.07) is 3.74. The van der Waals surface area contributed by atoms with Gasteiger partial charge in [-0.1, -0.05) is 6.58 Å². The Balaban J connectivity index is 1.39. The highest BCUT2D eigenvalue weighted by molar-refractivity contribution is 7.85. The van der Waals surface area contributed by atoms with E-state index in [1.165, 1.54) is 18.6 Å². The number of carbonyl (C=O) groups is 1. The van der Waals surface area contributed by atoms with Gasteiger partial charge in [-0.2, -0.15) is 8.42 Å². The van der Waals surface area contributed by atoms with Crippen LogP contribution in [0.2, 0.25) is 0 Å². The van der Waals surface area contributed by atoms with Crippen LogP contribution in [0.5, 0.6) is 5.75 Å². The molecule has 0 aliphatic heterocycles. The molecule has 162 valence electrons. The van der Waals surface area contributed by atoms with E-state index < -0.39 is 39.9 Å². The normalized spacial score (nSPS) is 38.1. The van der Waals surface area contributed by atoms with Gasteiger partial charge in [0, 0.05) is 11.3 Å². The first-order valence-corrected chi connectivity index (χ1v) is 11.9. The van der Waals surface area contributed by atoms with Gasteiger partial charge in [0.25, 0.3) is 10.1 Å². The summed E-state index contributed by atoms with van der Waals surface area (Å²) in [6.07, 6.45) is 8.58. The van der Waals surface area contributed by atoms with E-state index in [-0.39, 0.29) is 16.7 Å². The summed E-state index contributed by atoms with van der Waals surface area (Å²) in [4.78, 5) is 12.3. The van der Waals surface area contributed by atoms with Crippen LogP contribution >= 0.6 is 0 Å². The number of benzene rings is 1. The van der Waals surface area contributed by atoms with E-state index in [9.17, 15) is 17.6 Å². The maximum atomic E-state index is 14.7. The molecular formula is C22H25FO6S. The lowest BCUT2D eigenvalue weighted by molar-refractivity contribution is -0.304. The maximum absolute atomic E-state index is 14.7. The first-order chi connectivity index (χ1) is 14.1. The minimum atomic E-state index is -4.23. The van der Waals surface area contributed by atoms with Crippen molar-refractivity contribution < 1.29 is 31.6 Å². The molecule has 0 radical (unpaired) electrons. The number of halogens is 1. The van der Waals surface area contributed by atoms with E-state index in [1.807, 2.05) is 6.08 Å². The molecule has 1 aromatic rings. The first-order valence-electron chi connectivity index (χ1n) is 10.3. The lowest BCUT2D eigenvalue weighted by Gasteiger charge is -2.78. The molecule has 1 N–H and O–H groups in total. The second kappa shape index (κ2) is 6.29. The largest absolute Gasteiger partial charge is 0.479 e. The molecule has 0 aromatic heterocycles. The summed E-state index contributed by atoms with van der Waals surface area (Å²) in [5.74, 6) is -1.06. The molecule has 7 fully saturated rings. The van der Waals surface area contributed by atoms with Crippen molar-refractivity contribution in [1.82, 2.24) is 0 Å². The van der Waals surface area contributed by atoms with Gasteiger partial charge in [0.2, 0.25) is 0 Å². The van der Waals surface area contributed by atoms with Gasteiger partial charge in [-0.15, -0.1) is 0 Å². The van der Waals surface area contributed by atoms with Crippen LogP contribution in [0.15, 0.2) is 30.9 Å². The second-order valence-corrected chi connectivity index (χ2v) is 11.3. The molecule has 3 atom stereocenters. The highest BCUT2D eigenvalue weighted by Gasteiger charge is 2.77. The van der Waals surface area contributed by atoms with Crippen molar-refractivity contribution in [2.24, 2.45) is 22.7 Å². The Morgan fingerprint density at radius 3 is 2.70 bits per heavy atom. The molecule has 0 heterocycles. The van der Waals surface area contributed by atoms with Crippen molar-refractivity contribution >= 4 is 16.1 Å². The quantitative estimate of drug-likeness (QED) is 0.398. The van der Waals surface area contributed by atoms with Crippen molar-refractivity contribution in [3.63, 3.8) is 0 Å². The molecule has 8 rings (SSSR count). The second-order valence-electron chi connectivity index (χ2n) is 9.71. The van der Waals surface area contributed by atoms with Gasteiger partial charge in [0.05, 0.1) is 5.56 Å². The van der Waals surface area contributed by atoms with Crippen LogP contribution in [0.1, 0.15) is 48.9 Å². The molecule has 1 aromatic carbocycles. The standard InChI is InChI=1S/C22H25FO6S/c1-2-22(16-7-14-9-20(11-16)12-21(22,10-14)13-20)29-18-8-15(3-4-17(18)23)19(24)28-5-6-30(25,26)27/h2-4,8,14,16H,1,5-7,9-13H2,(H,25,26,27). The van der Waals surface area contributed by atoms with Crippen LogP contribution in [-0.4, -0.2) is 36.9 Å². The third kappa shape index (κ3) is 2.83. The van der Waals surface area contributed by atoms with Crippen LogP contribution in [0.4, 0.5) is 4.39 Å². The first kappa shape index (κ1) is 20.0. The Kier molecular flexibility index (Phi) is 4.20. The summed E-state index contributed by atoms with van der Waals surface area (Å²) >= 11 is 0. The monoisotopic (exact) mass is 436 g/mol. The Hall–Kier alpha value is -1.93. The zero-order chi connectivity index (χ0) is 21.4. The van der Waals surface area contributed by atoms with E-state index in [4.69, 9.17) is 14.0 Å². The zero-order valence-electron chi connectivity index (χ0n) is 16.6. The molecule has 7 saturated carbocycles. The number of hydrogen-bond acceptors (Lipinski definition) is 5. The van der Waals surface area contributed by atoms with E-state index in [2.05, 4.69) is 6.58 Å². The molecule has 7 aliphatic rings. The molecule has 0 saturated heterocycles. The third-order valence-electron chi connectivity index (χ3n) is 7.88. The fraction of sp³-hybridized carbons (Fsp3) is 0.591. The lowest BCUT2D eigenvalue weighted by Crippen LogP contribution is -2.76. The van der Waals surface area contributed by atoms with Crippen molar-refractivity contribution in [1.29, 1.82) is 0 Å². The molecule has 30 heavy (non-hydrogen) atoms. The van der Waals surface area contributed by atoms with Crippen molar-refractivity contribution in [3.05, 3.63) is 42.2 Å². The summed E-state index contributed by atoms with van der Waals surface area (Å²) < 4.78 is 56.3. The predicted octanol–water partition coefficient (Wildman–Crippen LogP) is 3.77. The topological polar surface area (TPSA) is 89.9 Å². The lowest BCUT2D eigenvalue weighted by atomic mass is 9.28. The summed E-state index contributed by atoms with van der Waals surface area (Å²) in [7, 11) is -4.23. The molecule has 8 heteroatoms. The average Bonchev–Trinajstić information content (AvgIpc) is 2.63. The predicted molar refractivity (Wildman–Crippen MR) is 106 cm³/mol. The molecule has 7 aliphatic carbocycles. The van der Waals surface area contributed by atoms with Gasteiger partial charge < -0.3 is 9.47 Å². The van der Waals surface area contributed by atoms with Gasteiger partial charge >= 0.3 is 5.97 Å². The molecule has 3 unspecified atom stereocenters. The average molecular weight is 437 g/mol. The fourth-order valence-electron chi connectivity index (χ4n) is 7.34. The summed E-state index contributed by atoms with van der Waals surface area (Å²) in [6.45, 7) is 3.58. The SMILES string of the molecule is C=CC1(Oc2cc(C(=O)OCCS(=O)(=O)O)ccc2F)C2CC3CC4(C2)CC1(C3)C4. The highest BCUT2D eigenvalue weighted by atomic mass is 32.2. The summed E-state index contributed by atoms with van der Waals surface area (Å²) in [5, 5.41) is 0. The van der Waals surface area contributed by atoms with Gasteiger partial charge in [-0.25, -0.2) is 9.18 Å². The molecular weight excluding hydrogens is 411 g/mol. The van der Waals surface area contributed by atoms with Crippen molar-refractivity contribution in [2.45, 2.75) is 44.1 Å². The number of ether oxygens (including phenoxy) is 2. The van der Waals surface area contributed by atoms with E-state index >= 15 is 0 Å². The fourth-order valence-corrected chi connectivity index (χ4v) is 7.63. The number of carbonyl (C=O) groups excluding carboxylic acids is 1. The minimum absolute atomic E-state index is 0.00271. The number of rotatable bonds is 7. The van der Waals surface area contributed by atoms with Crippen LogP contribution < -0.4 is 4.74 Å².